The molecule has 2 rings (SSSR count). The van der Waals surface area contributed by atoms with E-state index in [0.29, 0.717) is 5.88 Å². The van der Waals surface area contributed by atoms with Crippen LogP contribution in [0.4, 0.5) is 4.39 Å². The number of pyridine rings is 1. The second-order valence-electron chi connectivity index (χ2n) is 4.57. The van der Waals surface area contributed by atoms with Crippen LogP contribution in [-0.4, -0.2) is 10.9 Å². The molecule has 1 atom stereocenters. The fourth-order valence-corrected chi connectivity index (χ4v) is 2.71. The minimum absolute atomic E-state index is 0.199. The smallest absolute Gasteiger partial charge is 0.123 e. The first-order valence-corrected chi connectivity index (χ1v) is 7.40. The first-order chi connectivity index (χ1) is 9.17. The zero-order valence-corrected chi connectivity index (χ0v) is 12.7. The Balaban J connectivity index is 2.04. The summed E-state index contributed by atoms with van der Waals surface area (Å²) in [6, 6.07) is 8.73. The number of nitrogens with zero attached hydrogens (tertiary/aromatic N) is 1. The SMILES string of the molecule is Fc1cccc(CC(CCl)Cc2cncc(Br)c2)c1. The van der Waals surface area contributed by atoms with E-state index in [-0.39, 0.29) is 11.7 Å². The molecule has 0 aliphatic carbocycles. The molecule has 2 aromatic rings. The number of aromatic nitrogens is 1. The number of alkyl halides is 1. The fourth-order valence-electron chi connectivity index (χ4n) is 2.08. The molecule has 1 heterocycles. The van der Waals surface area contributed by atoms with E-state index in [9.17, 15) is 4.39 Å². The highest BCUT2D eigenvalue weighted by Crippen LogP contribution is 2.18. The minimum atomic E-state index is -0.199. The third-order valence-corrected chi connectivity index (χ3v) is 3.79. The van der Waals surface area contributed by atoms with Gasteiger partial charge in [0.25, 0.3) is 0 Å². The van der Waals surface area contributed by atoms with Gasteiger partial charge < -0.3 is 0 Å². The summed E-state index contributed by atoms with van der Waals surface area (Å²) in [5.41, 5.74) is 2.12. The van der Waals surface area contributed by atoms with E-state index in [1.165, 1.54) is 6.07 Å². The number of halogens is 3. The first kappa shape index (κ1) is 14.5. The van der Waals surface area contributed by atoms with E-state index in [1.807, 2.05) is 18.3 Å². The van der Waals surface area contributed by atoms with Gasteiger partial charge >= 0.3 is 0 Å². The highest BCUT2D eigenvalue weighted by molar-refractivity contribution is 9.10. The summed E-state index contributed by atoms with van der Waals surface area (Å²) < 4.78 is 14.1. The molecule has 0 bridgehead atoms. The average molecular weight is 343 g/mol. The second kappa shape index (κ2) is 7.01. The van der Waals surface area contributed by atoms with E-state index in [0.717, 1.165) is 28.4 Å². The molecule has 1 aromatic carbocycles. The number of hydrogen-bond donors (Lipinski definition) is 0. The van der Waals surface area contributed by atoms with Gasteiger partial charge in [0.2, 0.25) is 0 Å². The molecule has 4 heteroatoms. The molecule has 0 aliphatic heterocycles. The molecule has 0 N–H and O–H groups in total. The van der Waals surface area contributed by atoms with E-state index >= 15 is 0 Å². The van der Waals surface area contributed by atoms with Crippen molar-refractivity contribution in [3.63, 3.8) is 0 Å². The predicted octanol–water partition coefficient (Wildman–Crippen LogP) is 4.62. The van der Waals surface area contributed by atoms with Crippen molar-refractivity contribution < 1.29 is 4.39 Å². The van der Waals surface area contributed by atoms with Crippen LogP contribution in [0.2, 0.25) is 0 Å². The van der Waals surface area contributed by atoms with Gasteiger partial charge in [-0.3, -0.25) is 4.98 Å². The number of rotatable bonds is 5. The van der Waals surface area contributed by atoms with Crippen molar-refractivity contribution in [2.45, 2.75) is 12.8 Å². The van der Waals surface area contributed by atoms with Gasteiger partial charge in [0.15, 0.2) is 0 Å². The number of hydrogen-bond acceptors (Lipinski definition) is 1. The van der Waals surface area contributed by atoms with Gasteiger partial charge in [0.05, 0.1) is 0 Å². The fraction of sp³-hybridized carbons (Fsp3) is 0.267. The summed E-state index contributed by atoms with van der Waals surface area (Å²) in [5.74, 6) is 0.623. The highest BCUT2D eigenvalue weighted by Gasteiger charge is 2.11. The zero-order chi connectivity index (χ0) is 13.7. The lowest BCUT2D eigenvalue weighted by molar-refractivity contribution is 0.575. The van der Waals surface area contributed by atoms with Gasteiger partial charge in [-0.15, -0.1) is 11.6 Å². The van der Waals surface area contributed by atoms with Crippen LogP contribution in [0.5, 0.6) is 0 Å². The van der Waals surface area contributed by atoms with Crippen LogP contribution in [0.3, 0.4) is 0 Å². The molecular formula is C15H14BrClFN. The first-order valence-electron chi connectivity index (χ1n) is 6.07. The number of benzene rings is 1. The van der Waals surface area contributed by atoms with Crippen molar-refractivity contribution >= 4 is 27.5 Å². The Morgan fingerprint density at radius 2 is 1.95 bits per heavy atom. The molecule has 0 spiro atoms. The standard InChI is InChI=1S/C15H14BrClFN/c16-14-6-13(9-19-10-14)5-12(8-17)4-11-2-1-3-15(18)7-11/h1-3,6-7,9-10,12H,4-5,8H2. The molecule has 0 saturated carbocycles. The molecule has 1 nitrogen and oxygen atoms in total. The van der Waals surface area contributed by atoms with Crippen LogP contribution in [-0.2, 0) is 12.8 Å². The maximum Gasteiger partial charge on any atom is 0.123 e. The topological polar surface area (TPSA) is 12.9 Å². The largest absolute Gasteiger partial charge is 0.263 e. The quantitative estimate of drug-likeness (QED) is 0.722. The molecule has 0 radical (unpaired) electrons. The van der Waals surface area contributed by atoms with Crippen molar-refractivity contribution in [1.29, 1.82) is 0 Å². The highest BCUT2D eigenvalue weighted by atomic mass is 79.9. The van der Waals surface area contributed by atoms with Gasteiger partial charge in [-0.2, -0.15) is 0 Å². The molecule has 1 unspecified atom stereocenters. The lowest BCUT2D eigenvalue weighted by atomic mass is 9.95. The third-order valence-electron chi connectivity index (χ3n) is 2.92. The van der Waals surface area contributed by atoms with Crippen molar-refractivity contribution in [3.05, 3.63) is 64.1 Å². The van der Waals surface area contributed by atoms with E-state index in [4.69, 9.17) is 11.6 Å². The summed E-state index contributed by atoms with van der Waals surface area (Å²) in [5, 5.41) is 0. The van der Waals surface area contributed by atoms with Crippen LogP contribution in [0.15, 0.2) is 47.2 Å². The molecular weight excluding hydrogens is 329 g/mol. The molecule has 19 heavy (non-hydrogen) atoms. The van der Waals surface area contributed by atoms with Crippen LogP contribution >= 0.6 is 27.5 Å². The lowest BCUT2D eigenvalue weighted by Crippen LogP contribution is -2.10. The van der Waals surface area contributed by atoms with E-state index in [1.54, 1.807) is 18.3 Å². The molecule has 0 fully saturated rings. The van der Waals surface area contributed by atoms with Crippen LogP contribution < -0.4 is 0 Å². The van der Waals surface area contributed by atoms with E-state index in [2.05, 4.69) is 20.9 Å². The van der Waals surface area contributed by atoms with Gasteiger partial charge in [0, 0.05) is 22.7 Å². The molecule has 0 aliphatic rings. The Kier molecular flexibility index (Phi) is 5.34. The Morgan fingerprint density at radius 1 is 1.16 bits per heavy atom. The van der Waals surface area contributed by atoms with Crippen molar-refractivity contribution in [2.24, 2.45) is 5.92 Å². The monoisotopic (exact) mass is 341 g/mol. The summed E-state index contributed by atoms with van der Waals surface area (Å²) in [4.78, 5) is 4.14. The Hall–Kier alpha value is -0.930. The summed E-state index contributed by atoms with van der Waals surface area (Å²) in [7, 11) is 0. The predicted molar refractivity (Wildman–Crippen MR) is 80.0 cm³/mol. The molecule has 1 aromatic heterocycles. The Labute approximate surface area is 126 Å². The summed E-state index contributed by atoms with van der Waals surface area (Å²) in [6.07, 6.45) is 5.21. The molecule has 100 valence electrons. The third kappa shape index (κ3) is 4.59. The van der Waals surface area contributed by atoms with Gasteiger partial charge in [-0.05, 0) is 64.0 Å². The summed E-state index contributed by atoms with van der Waals surface area (Å²) >= 11 is 9.43. The minimum Gasteiger partial charge on any atom is -0.263 e. The normalized spacial score (nSPS) is 12.4. The van der Waals surface area contributed by atoms with Gasteiger partial charge in [-0.25, -0.2) is 4.39 Å². The van der Waals surface area contributed by atoms with Crippen LogP contribution in [0.25, 0.3) is 0 Å². The lowest BCUT2D eigenvalue weighted by Gasteiger charge is -2.14. The van der Waals surface area contributed by atoms with Crippen molar-refractivity contribution in [1.82, 2.24) is 4.98 Å². The average Bonchev–Trinajstić information content (AvgIpc) is 2.38. The maximum absolute atomic E-state index is 13.2. The second-order valence-corrected chi connectivity index (χ2v) is 5.79. The van der Waals surface area contributed by atoms with Gasteiger partial charge in [-0.1, -0.05) is 12.1 Å². The molecule has 0 saturated heterocycles. The zero-order valence-electron chi connectivity index (χ0n) is 10.3. The summed E-state index contributed by atoms with van der Waals surface area (Å²) in [6.45, 7) is 0. The van der Waals surface area contributed by atoms with Crippen LogP contribution in [0.1, 0.15) is 11.1 Å². The Morgan fingerprint density at radius 3 is 2.63 bits per heavy atom. The molecule has 0 amide bonds. The van der Waals surface area contributed by atoms with Crippen LogP contribution in [0, 0.1) is 11.7 Å². The van der Waals surface area contributed by atoms with Crippen molar-refractivity contribution in [2.75, 3.05) is 5.88 Å². The van der Waals surface area contributed by atoms with Gasteiger partial charge in [0.1, 0.15) is 5.82 Å². The van der Waals surface area contributed by atoms with Crippen molar-refractivity contribution in [3.8, 4) is 0 Å². The Bertz CT molecular complexity index is 500. The maximum atomic E-state index is 13.2. The van der Waals surface area contributed by atoms with E-state index < -0.39 is 0 Å².